The maximum Gasteiger partial charge on any atom is 0.318 e. The number of methoxy groups -OCH3 is 1. The summed E-state index contributed by atoms with van der Waals surface area (Å²) in [5.41, 5.74) is 4.31. The van der Waals surface area contributed by atoms with Crippen molar-refractivity contribution >= 4 is 22.8 Å². The molecule has 0 aliphatic carbocycles. The third-order valence-electron chi connectivity index (χ3n) is 7.81. The number of anilines is 1. The van der Waals surface area contributed by atoms with E-state index in [9.17, 15) is 10.1 Å². The molecule has 2 aromatic heterocycles. The Kier molecular flexibility index (Phi) is 7.04. The molecule has 3 fully saturated rings. The van der Waals surface area contributed by atoms with Crippen molar-refractivity contribution in [3.63, 3.8) is 0 Å². The summed E-state index contributed by atoms with van der Waals surface area (Å²) in [6, 6.07) is 6.49. The lowest BCUT2D eigenvalue weighted by Gasteiger charge is -2.47. The van der Waals surface area contributed by atoms with E-state index < -0.39 is 0 Å². The normalized spacial score (nSPS) is 18.2. The number of aromatic amines is 1. The van der Waals surface area contributed by atoms with Gasteiger partial charge in [0.2, 0.25) is 5.91 Å². The Bertz CT molecular complexity index is 1400. The minimum Gasteiger partial charge on any atom is -0.467 e. The van der Waals surface area contributed by atoms with E-state index in [1.807, 2.05) is 19.1 Å². The van der Waals surface area contributed by atoms with Gasteiger partial charge in [-0.25, -0.2) is 4.98 Å². The van der Waals surface area contributed by atoms with Crippen molar-refractivity contribution in [3.05, 3.63) is 42.2 Å². The molecule has 6 rings (SSSR count). The molecule has 5 heterocycles. The van der Waals surface area contributed by atoms with E-state index >= 15 is 0 Å². The summed E-state index contributed by atoms with van der Waals surface area (Å²) in [5, 5.41) is 10.2. The molecule has 1 amide bonds. The average Bonchev–Trinajstić information content (AvgIpc) is 3.68. The maximum absolute atomic E-state index is 11.9. The molecule has 3 aromatic rings. The summed E-state index contributed by atoms with van der Waals surface area (Å²) in [4.78, 5) is 34.9. The number of nitriles is 1. The second-order valence-electron chi connectivity index (χ2n) is 10.5. The SMILES string of the molecule is C=CC(=O)N1CC2(CCN(c3nc(OC)nc(-c4c(C)ccc5[nH]cnc45)c3C#N)C2)C1.CN1CCCC1. The molecule has 1 N–H and O–H groups in total. The Morgan fingerprint density at radius 2 is 1.97 bits per heavy atom. The van der Waals surface area contributed by atoms with Crippen LogP contribution in [0, 0.1) is 23.7 Å². The number of H-pyrrole nitrogens is 1. The smallest absolute Gasteiger partial charge is 0.318 e. The first kappa shape index (κ1) is 25.7. The van der Waals surface area contributed by atoms with Gasteiger partial charge in [-0.05, 0) is 64.0 Å². The van der Waals surface area contributed by atoms with Gasteiger partial charge in [-0.3, -0.25) is 4.79 Å². The number of carbonyl (C=O) groups is 1. The lowest BCUT2D eigenvalue weighted by Crippen LogP contribution is -2.59. The molecule has 3 aliphatic heterocycles. The number of carbonyl (C=O) groups excluding carboxylic acids is 1. The first-order chi connectivity index (χ1) is 18.4. The van der Waals surface area contributed by atoms with Crippen LogP contribution in [0.2, 0.25) is 0 Å². The molecule has 0 bridgehead atoms. The molecule has 198 valence electrons. The van der Waals surface area contributed by atoms with Crippen molar-refractivity contribution in [2.75, 3.05) is 58.3 Å². The molecule has 38 heavy (non-hydrogen) atoms. The van der Waals surface area contributed by atoms with E-state index in [0.29, 0.717) is 36.7 Å². The number of ether oxygens (including phenoxy) is 1. The van der Waals surface area contributed by atoms with Crippen molar-refractivity contribution in [1.29, 1.82) is 5.26 Å². The first-order valence-corrected chi connectivity index (χ1v) is 13.0. The van der Waals surface area contributed by atoms with Crippen LogP contribution in [0.1, 0.15) is 30.4 Å². The van der Waals surface area contributed by atoms with Gasteiger partial charge < -0.3 is 24.4 Å². The number of imidazole rings is 1. The molecule has 3 saturated heterocycles. The molecule has 10 nitrogen and oxygen atoms in total. The van der Waals surface area contributed by atoms with Gasteiger partial charge in [-0.1, -0.05) is 12.6 Å². The number of amides is 1. The molecule has 0 radical (unpaired) electrons. The number of benzene rings is 1. The number of rotatable bonds is 4. The minimum atomic E-state index is -0.0413. The van der Waals surface area contributed by atoms with E-state index in [1.54, 1.807) is 11.2 Å². The molecule has 10 heteroatoms. The van der Waals surface area contributed by atoms with Crippen LogP contribution in [-0.4, -0.2) is 89.1 Å². The van der Waals surface area contributed by atoms with Crippen LogP contribution < -0.4 is 9.64 Å². The Morgan fingerprint density at radius 3 is 2.61 bits per heavy atom. The van der Waals surface area contributed by atoms with Gasteiger partial charge in [0.1, 0.15) is 11.6 Å². The van der Waals surface area contributed by atoms with Crippen LogP contribution >= 0.6 is 0 Å². The number of nitrogens with one attached hydrogen (secondary N) is 1. The van der Waals surface area contributed by atoms with Gasteiger partial charge in [0.05, 0.1) is 30.2 Å². The number of likely N-dealkylation sites (tertiary alicyclic amines) is 2. The molecular weight excluding hydrogens is 480 g/mol. The van der Waals surface area contributed by atoms with E-state index in [-0.39, 0.29) is 17.3 Å². The second-order valence-corrected chi connectivity index (χ2v) is 10.5. The topological polar surface area (TPSA) is 114 Å². The van der Waals surface area contributed by atoms with Crippen LogP contribution in [0.25, 0.3) is 22.3 Å². The largest absolute Gasteiger partial charge is 0.467 e. The minimum absolute atomic E-state index is 0.0157. The lowest BCUT2D eigenvalue weighted by molar-refractivity contribution is -0.136. The number of aryl methyl sites for hydroxylation is 1. The van der Waals surface area contributed by atoms with Gasteiger partial charge in [0.25, 0.3) is 0 Å². The summed E-state index contributed by atoms with van der Waals surface area (Å²) in [6.07, 6.45) is 6.74. The van der Waals surface area contributed by atoms with Crippen LogP contribution in [0.4, 0.5) is 5.82 Å². The van der Waals surface area contributed by atoms with Gasteiger partial charge in [-0.15, -0.1) is 0 Å². The van der Waals surface area contributed by atoms with Crippen LogP contribution in [0.5, 0.6) is 6.01 Å². The van der Waals surface area contributed by atoms with Crippen LogP contribution in [0.3, 0.4) is 0 Å². The number of nitrogens with zero attached hydrogens (tertiary/aromatic N) is 7. The highest BCUT2D eigenvalue weighted by Crippen LogP contribution is 2.43. The molecule has 1 aromatic carbocycles. The number of aromatic nitrogens is 4. The Morgan fingerprint density at radius 1 is 1.21 bits per heavy atom. The highest BCUT2D eigenvalue weighted by atomic mass is 16.5. The predicted octanol–water partition coefficient (Wildman–Crippen LogP) is 3.15. The quantitative estimate of drug-likeness (QED) is 0.528. The van der Waals surface area contributed by atoms with Crippen LogP contribution in [0.15, 0.2) is 31.1 Å². The summed E-state index contributed by atoms with van der Waals surface area (Å²) < 4.78 is 5.41. The fourth-order valence-corrected chi connectivity index (χ4v) is 5.74. The maximum atomic E-state index is 11.9. The summed E-state index contributed by atoms with van der Waals surface area (Å²) in [6.45, 7) is 11.0. The second kappa shape index (κ2) is 10.4. The number of hydrogen-bond donors (Lipinski definition) is 1. The van der Waals surface area contributed by atoms with Gasteiger partial charge >= 0.3 is 6.01 Å². The summed E-state index contributed by atoms with van der Waals surface area (Å²) in [5.74, 6) is 0.520. The van der Waals surface area contributed by atoms with Crippen molar-refractivity contribution < 1.29 is 9.53 Å². The third kappa shape index (κ3) is 4.70. The molecular formula is C28H34N8O2. The van der Waals surface area contributed by atoms with Gasteiger partial charge in [-0.2, -0.15) is 15.2 Å². The zero-order chi connectivity index (χ0) is 26.9. The number of fused-ring (bicyclic) bond motifs is 1. The van der Waals surface area contributed by atoms with E-state index in [0.717, 1.165) is 35.1 Å². The average molecular weight is 515 g/mol. The van der Waals surface area contributed by atoms with Crippen molar-refractivity contribution in [2.24, 2.45) is 5.41 Å². The van der Waals surface area contributed by atoms with E-state index in [4.69, 9.17) is 4.74 Å². The summed E-state index contributed by atoms with van der Waals surface area (Å²) >= 11 is 0. The van der Waals surface area contributed by atoms with E-state index in [1.165, 1.54) is 39.1 Å². The lowest BCUT2D eigenvalue weighted by atomic mass is 9.79. The highest BCUT2D eigenvalue weighted by Gasteiger charge is 2.49. The molecule has 0 atom stereocenters. The van der Waals surface area contributed by atoms with Gasteiger partial charge in [0.15, 0.2) is 5.82 Å². The third-order valence-corrected chi connectivity index (χ3v) is 7.81. The van der Waals surface area contributed by atoms with Crippen LogP contribution in [-0.2, 0) is 4.79 Å². The highest BCUT2D eigenvalue weighted by molar-refractivity contribution is 5.95. The molecule has 1 spiro atoms. The first-order valence-electron chi connectivity index (χ1n) is 13.0. The van der Waals surface area contributed by atoms with Crippen molar-refractivity contribution in [3.8, 4) is 23.3 Å². The van der Waals surface area contributed by atoms with Crippen molar-refractivity contribution in [2.45, 2.75) is 26.2 Å². The Hall–Kier alpha value is -3.97. The standard InChI is InChI=1S/C23H23N7O2.C5H11N/c1-4-17(31)30-11-23(12-30)7-8-29(10-23)21-15(9-24)19(27-22(28-21)32-3)18-14(2)5-6-16-20(18)26-13-25-16;1-6-4-2-3-5-6/h4-6,13H,1,7-8,10-12H2,2-3H3,(H,25,26);2-5H2,1H3. The van der Waals surface area contributed by atoms with E-state index in [2.05, 4.69) is 49.4 Å². The summed E-state index contributed by atoms with van der Waals surface area (Å²) in [7, 11) is 3.69. The zero-order valence-electron chi connectivity index (χ0n) is 22.3. The van der Waals surface area contributed by atoms with Crippen molar-refractivity contribution in [1.82, 2.24) is 29.7 Å². The monoisotopic (exact) mass is 514 g/mol. The Balaban J connectivity index is 0.000000433. The van der Waals surface area contributed by atoms with Gasteiger partial charge in [0, 0.05) is 37.2 Å². The number of hydrogen-bond acceptors (Lipinski definition) is 8. The fourth-order valence-electron chi connectivity index (χ4n) is 5.74. The predicted molar refractivity (Wildman–Crippen MR) is 146 cm³/mol. The molecule has 0 unspecified atom stereocenters. The zero-order valence-corrected chi connectivity index (χ0v) is 22.3. The fraction of sp³-hybridized carbons (Fsp3) is 0.464. The Labute approximate surface area is 222 Å². The molecule has 3 aliphatic rings. The molecule has 0 saturated carbocycles.